The molecule has 1 saturated heterocycles. The van der Waals surface area contributed by atoms with Gasteiger partial charge in [-0.3, -0.25) is 0 Å². The van der Waals surface area contributed by atoms with Crippen LogP contribution in [-0.2, 0) is 17.9 Å². The van der Waals surface area contributed by atoms with Crippen molar-refractivity contribution in [3.63, 3.8) is 0 Å². The highest BCUT2D eigenvalue weighted by Gasteiger charge is 2.14. The number of ether oxygens (including phenoxy) is 2. The Morgan fingerprint density at radius 3 is 2.50 bits per heavy atom. The monoisotopic (exact) mass is 422 g/mol. The van der Waals surface area contributed by atoms with Crippen LogP contribution in [0, 0.1) is 6.92 Å². The van der Waals surface area contributed by atoms with Gasteiger partial charge in [-0.15, -0.1) is 0 Å². The lowest BCUT2D eigenvalue weighted by molar-refractivity contribution is 0.122. The van der Waals surface area contributed by atoms with Crippen molar-refractivity contribution in [2.75, 3.05) is 36.5 Å². The lowest BCUT2D eigenvalue weighted by atomic mass is 10.1. The maximum absolute atomic E-state index is 6.52. The lowest BCUT2D eigenvalue weighted by Gasteiger charge is -2.29. The summed E-state index contributed by atoms with van der Waals surface area (Å²) in [5.74, 6) is 0.873. The molecule has 0 bridgehead atoms. The summed E-state index contributed by atoms with van der Waals surface area (Å²) in [7, 11) is 0. The Morgan fingerprint density at radius 2 is 1.77 bits per heavy atom. The van der Waals surface area contributed by atoms with Crippen molar-refractivity contribution in [1.82, 2.24) is 0 Å². The van der Waals surface area contributed by atoms with E-state index in [-0.39, 0.29) is 0 Å². The second-order valence-corrected chi connectivity index (χ2v) is 7.95. The van der Waals surface area contributed by atoms with Crippen LogP contribution in [0.3, 0.4) is 0 Å². The maximum Gasteiger partial charge on any atom is 0.119 e. The lowest BCUT2D eigenvalue weighted by Crippen LogP contribution is -2.36. The third-order valence-electron chi connectivity index (χ3n) is 5.21. The van der Waals surface area contributed by atoms with Gasteiger partial charge in [0, 0.05) is 25.3 Å². The summed E-state index contributed by atoms with van der Waals surface area (Å²) in [6, 6.07) is 22.7. The molecule has 0 saturated carbocycles. The second kappa shape index (κ2) is 9.88. The molecule has 1 fully saturated rings. The molecule has 5 heteroatoms. The fraction of sp³-hybridized carbons (Fsp3) is 0.280. The van der Waals surface area contributed by atoms with Gasteiger partial charge in [-0.1, -0.05) is 53.6 Å². The number of nitrogens with one attached hydrogen (secondary N) is 1. The predicted molar refractivity (Wildman–Crippen MR) is 124 cm³/mol. The normalized spacial score (nSPS) is 13.9. The Morgan fingerprint density at radius 1 is 0.967 bits per heavy atom. The van der Waals surface area contributed by atoms with Gasteiger partial charge in [0.2, 0.25) is 0 Å². The molecule has 3 aromatic carbocycles. The molecule has 30 heavy (non-hydrogen) atoms. The number of aryl methyl sites for hydroxylation is 1. The molecule has 0 amide bonds. The number of nitrogens with zero attached hydrogens (tertiary/aromatic N) is 1. The summed E-state index contributed by atoms with van der Waals surface area (Å²) in [6.45, 7) is 6.66. The highest BCUT2D eigenvalue weighted by Crippen LogP contribution is 2.29. The molecule has 0 radical (unpaired) electrons. The number of hydrogen-bond acceptors (Lipinski definition) is 4. The van der Waals surface area contributed by atoms with Gasteiger partial charge in [0.05, 0.1) is 23.9 Å². The zero-order chi connectivity index (χ0) is 20.8. The highest BCUT2D eigenvalue weighted by atomic mass is 35.5. The summed E-state index contributed by atoms with van der Waals surface area (Å²) < 4.78 is 11.3. The molecule has 0 atom stereocenters. The van der Waals surface area contributed by atoms with Crippen molar-refractivity contribution in [1.29, 1.82) is 0 Å². The molecule has 1 aliphatic heterocycles. The molecule has 3 aromatic rings. The van der Waals surface area contributed by atoms with Gasteiger partial charge in [-0.05, 0) is 48.4 Å². The third-order valence-corrected chi connectivity index (χ3v) is 5.51. The van der Waals surface area contributed by atoms with Crippen molar-refractivity contribution < 1.29 is 9.47 Å². The van der Waals surface area contributed by atoms with Crippen LogP contribution in [0.5, 0.6) is 5.75 Å². The molecular formula is C25H27ClN2O2. The number of morpholine rings is 1. The van der Waals surface area contributed by atoms with Crippen molar-refractivity contribution in [3.8, 4) is 5.75 Å². The molecule has 0 aromatic heterocycles. The second-order valence-electron chi connectivity index (χ2n) is 7.54. The Hall–Kier alpha value is -2.69. The Bertz CT molecular complexity index is 969. The van der Waals surface area contributed by atoms with E-state index < -0.39 is 0 Å². The number of rotatable bonds is 7. The summed E-state index contributed by atoms with van der Waals surface area (Å²) in [5, 5.41) is 4.21. The molecule has 156 valence electrons. The van der Waals surface area contributed by atoms with Crippen LogP contribution in [0.25, 0.3) is 0 Å². The average Bonchev–Trinajstić information content (AvgIpc) is 2.78. The molecule has 4 nitrogen and oxygen atoms in total. The van der Waals surface area contributed by atoms with Crippen LogP contribution in [-0.4, -0.2) is 26.3 Å². The van der Waals surface area contributed by atoms with E-state index in [0.717, 1.165) is 55.0 Å². The van der Waals surface area contributed by atoms with Gasteiger partial charge >= 0.3 is 0 Å². The van der Waals surface area contributed by atoms with E-state index >= 15 is 0 Å². The summed E-state index contributed by atoms with van der Waals surface area (Å²) in [5.41, 5.74) is 5.69. The zero-order valence-electron chi connectivity index (χ0n) is 17.2. The SMILES string of the molecule is Cc1cccc(COc2ccc(CNc3ccc(N4CCOCC4)c(Cl)c3)cc2)c1. The van der Waals surface area contributed by atoms with Crippen LogP contribution in [0.4, 0.5) is 11.4 Å². The van der Waals surface area contributed by atoms with Crippen molar-refractivity contribution >= 4 is 23.0 Å². The van der Waals surface area contributed by atoms with Gasteiger partial charge in [0.1, 0.15) is 12.4 Å². The van der Waals surface area contributed by atoms with E-state index in [4.69, 9.17) is 21.1 Å². The van der Waals surface area contributed by atoms with Crippen LogP contribution >= 0.6 is 11.6 Å². The first-order valence-electron chi connectivity index (χ1n) is 10.3. The smallest absolute Gasteiger partial charge is 0.119 e. The number of anilines is 2. The van der Waals surface area contributed by atoms with Crippen LogP contribution < -0.4 is 15.0 Å². The standard InChI is InChI=1S/C25H27ClN2O2/c1-19-3-2-4-21(15-19)18-30-23-8-5-20(6-9-23)17-27-22-7-10-25(24(26)16-22)28-11-13-29-14-12-28/h2-10,15-16,27H,11-14,17-18H2,1H3. The van der Waals surface area contributed by atoms with Crippen molar-refractivity contribution in [3.05, 3.63) is 88.4 Å². The molecule has 0 unspecified atom stereocenters. The predicted octanol–water partition coefficient (Wildman–Crippen LogP) is 5.68. The topological polar surface area (TPSA) is 33.7 Å². The minimum atomic E-state index is 0.577. The molecule has 1 aliphatic rings. The quantitative estimate of drug-likeness (QED) is 0.531. The largest absolute Gasteiger partial charge is 0.489 e. The van der Waals surface area contributed by atoms with E-state index in [9.17, 15) is 0 Å². The minimum absolute atomic E-state index is 0.577. The maximum atomic E-state index is 6.52. The number of halogens is 1. The molecule has 1 heterocycles. The Labute approximate surface area is 183 Å². The first-order chi connectivity index (χ1) is 14.7. The highest BCUT2D eigenvalue weighted by molar-refractivity contribution is 6.33. The first kappa shape index (κ1) is 20.6. The third kappa shape index (κ3) is 5.47. The van der Waals surface area contributed by atoms with Gasteiger partial charge in [-0.25, -0.2) is 0 Å². The fourth-order valence-electron chi connectivity index (χ4n) is 3.55. The van der Waals surface area contributed by atoms with E-state index in [1.54, 1.807) is 0 Å². The van der Waals surface area contributed by atoms with Crippen molar-refractivity contribution in [2.45, 2.75) is 20.1 Å². The van der Waals surface area contributed by atoms with Gasteiger partial charge in [0.15, 0.2) is 0 Å². The van der Waals surface area contributed by atoms with Gasteiger partial charge in [-0.2, -0.15) is 0 Å². The zero-order valence-corrected chi connectivity index (χ0v) is 18.0. The van der Waals surface area contributed by atoms with Crippen molar-refractivity contribution in [2.24, 2.45) is 0 Å². The van der Waals surface area contributed by atoms with Crippen LogP contribution in [0.2, 0.25) is 5.02 Å². The summed E-state index contributed by atoms with van der Waals surface area (Å²) in [6.07, 6.45) is 0. The molecule has 0 aliphatic carbocycles. The minimum Gasteiger partial charge on any atom is -0.489 e. The first-order valence-corrected chi connectivity index (χ1v) is 10.7. The Kier molecular flexibility index (Phi) is 6.77. The van der Waals surface area contributed by atoms with Gasteiger partial charge in [0.25, 0.3) is 0 Å². The number of benzene rings is 3. The van der Waals surface area contributed by atoms with Crippen LogP contribution in [0.15, 0.2) is 66.7 Å². The van der Waals surface area contributed by atoms with Gasteiger partial charge < -0.3 is 19.7 Å². The Balaban J connectivity index is 1.30. The fourth-order valence-corrected chi connectivity index (χ4v) is 3.85. The molecule has 1 N–H and O–H groups in total. The summed E-state index contributed by atoms with van der Waals surface area (Å²) in [4.78, 5) is 2.27. The van der Waals surface area contributed by atoms with E-state index in [2.05, 4.69) is 65.7 Å². The molecule has 0 spiro atoms. The molecular weight excluding hydrogens is 396 g/mol. The van der Waals surface area contributed by atoms with E-state index in [0.29, 0.717) is 6.61 Å². The molecule has 4 rings (SSSR count). The average molecular weight is 423 g/mol. The van der Waals surface area contributed by atoms with E-state index in [1.165, 1.54) is 16.7 Å². The van der Waals surface area contributed by atoms with Crippen LogP contribution in [0.1, 0.15) is 16.7 Å². The van der Waals surface area contributed by atoms with E-state index in [1.807, 2.05) is 18.2 Å². The number of hydrogen-bond donors (Lipinski definition) is 1. The summed E-state index contributed by atoms with van der Waals surface area (Å²) >= 11 is 6.52.